The average molecular weight is 337 g/mol. The van der Waals surface area contributed by atoms with Crippen LogP contribution in [0.1, 0.15) is 79.1 Å². The van der Waals surface area contributed by atoms with Crippen LogP contribution in [0.3, 0.4) is 0 Å². The van der Waals surface area contributed by atoms with Gasteiger partial charge in [-0.2, -0.15) is 0 Å². The monoisotopic (exact) mass is 336 g/mol. The van der Waals surface area contributed by atoms with E-state index in [9.17, 15) is 0 Å². The van der Waals surface area contributed by atoms with Crippen molar-refractivity contribution in [1.82, 2.24) is 0 Å². The van der Waals surface area contributed by atoms with Gasteiger partial charge in [0.15, 0.2) is 0 Å². The Morgan fingerprint density at radius 1 is 0.708 bits per heavy atom. The Kier molecular flexibility index (Phi) is 16.1. The average Bonchev–Trinajstić information content (AvgIpc) is 2.53. The van der Waals surface area contributed by atoms with Gasteiger partial charge in [0.25, 0.3) is 0 Å². The van der Waals surface area contributed by atoms with Crippen LogP contribution in [0, 0.1) is 11.8 Å². The van der Waals surface area contributed by atoms with Crippen molar-refractivity contribution in [3.05, 3.63) is 30.3 Å². The lowest BCUT2D eigenvalue weighted by atomic mass is 10.1. The van der Waals surface area contributed by atoms with E-state index in [1.54, 1.807) is 24.3 Å². The summed E-state index contributed by atoms with van der Waals surface area (Å²) in [5, 5.41) is 8.63. The van der Waals surface area contributed by atoms with Crippen molar-refractivity contribution in [2.24, 2.45) is 11.8 Å². The lowest BCUT2D eigenvalue weighted by Crippen LogP contribution is -1.98. The van der Waals surface area contributed by atoms with Gasteiger partial charge in [0.2, 0.25) is 0 Å². The van der Waals surface area contributed by atoms with Crippen LogP contribution in [0.2, 0.25) is 0 Å². The number of para-hydroxylation sites is 1. The minimum Gasteiger partial charge on any atom is -0.508 e. The van der Waals surface area contributed by atoms with Crippen LogP contribution in [-0.2, 0) is 4.74 Å². The van der Waals surface area contributed by atoms with Crippen LogP contribution in [-0.4, -0.2) is 18.3 Å². The van der Waals surface area contributed by atoms with Gasteiger partial charge >= 0.3 is 0 Å². The Hall–Kier alpha value is -1.02. The number of unbranched alkanes of at least 4 members (excludes halogenated alkanes) is 4. The van der Waals surface area contributed by atoms with Crippen molar-refractivity contribution in [2.75, 3.05) is 13.2 Å². The molecule has 0 fully saturated rings. The van der Waals surface area contributed by atoms with Gasteiger partial charge in [-0.1, -0.05) is 84.4 Å². The quantitative estimate of drug-likeness (QED) is 0.424. The lowest BCUT2D eigenvalue weighted by molar-refractivity contribution is 0.125. The molecule has 0 bridgehead atoms. The first-order valence-electron chi connectivity index (χ1n) is 9.84. The van der Waals surface area contributed by atoms with Gasteiger partial charge in [-0.25, -0.2) is 0 Å². The molecule has 0 radical (unpaired) electrons. The highest BCUT2D eigenvalue weighted by molar-refractivity contribution is 5.18. The molecule has 0 atom stereocenters. The highest BCUT2D eigenvalue weighted by Gasteiger charge is 1.96. The van der Waals surface area contributed by atoms with E-state index in [2.05, 4.69) is 27.7 Å². The molecule has 1 N–H and O–H groups in total. The van der Waals surface area contributed by atoms with Crippen LogP contribution >= 0.6 is 0 Å². The maximum absolute atomic E-state index is 8.63. The number of phenolic OH excluding ortho intramolecular Hbond substituents is 1. The molecule has 0 aliphatic heterocycles. The minimum absolute atomic E-state index is 0.322. The van der Waals surface area contributed by atoms with Crippen molar-refractivity contribution >= 4 is 0 Å². The van der Waals surface area contributed by atoms with Crippen molar-refractivity contribution in [3.63, 3.8) is 0 Å². The molecule has 0 spiro atoms. The summed E-state index contributed by atoms with van der Waals surface area (Å²) in [6, 6.07) is 8.71. The molecule has 0 aliphatic carbocycles. The Balaban J connectivity index is 0.000000620. The summed E-state index contributed by atoms with van der Waals surface area (Å²) in [7, 11) is 0. The fraction of sp³-hybridized carbons (Fsp3) is 0.727. The van der Waals surface area contributed by atoms with Crippen molar-refractivity contribution < 1.29 is 9.84 Å². The summed E-state index contributed by atoms with van der Waals surface area (Å²) in [6.07, 6.45) is 10.7. The summed E-state index contributed by atoms with van der Waals surface area (Å²) >= 11 is 0. The van der Waals surface area contributed by atoms with E-state index < -0.39 is 0 Å². The van der Waals surface area contributed by atoms with Crippen molar-refractivity contribution in [2.45, 2.75) is 79.1 Å². The highest BCUT2D eigenvalue weighted by atomic mass is 16.5. The minimum atomic E-state index is 0.322. The summed E-state index contributed by atoms with van der Waals surface area (Å²) in [4.78, 5) is 0. The maximum atomic E-state index is 8.63. The molecule has 0 heterocycles. The number of ether oxygens (including phenoxy) is 1. The zero-order valence-electron chi connectivity index (χ0n) is 16.5. The van der Waals surface area contributed by atoms with E-state index in [1.165, 1.54) is 51.4 Å². The molecule has 2 nitrogen and oxygen atoms in total. The summed E-state index contributed by atoms with van der Waals surface area (Å²) in [5.74, 6) is 2.04. The SMILES string of the molecule is CC(C)CCCCCOCCCCCC(C)C.Oc1ccccc1. The molecule has 1 aromatic carbocycles. The van der Waals surface area contributed by atoms with E-state index in [0.717, 1.165) is 25.0 Å². The van der Waals surface area contributed by atoms with Gasteiger partial charge in [0.1, 0.15) is 5.75 Å². The van der Waals surface area contributed by atoms with E-state index in [1.807, 2.05) is 6.07 Å². The molecular weight excluding hydrogens is 296 g/mol. The largest absolute Gasteiger partial charge is 0.508 e. The molecule has 0 aromatic heterocycles. The van der Waals surface area contributed by atoms with E-state index in [0.29, 0.717) is 5.75 Å². The number of hydrogen-bond donors (Lipinski definition) is 1. The van der Waals surface area contributed by atoms with Crippen LogP contribution in [0.25, 0.3) is 0 Å². The summed E-state index contributed by atoms with van der Waals surface area (Å²) < 4.78 is 5.65. The molecule has 24 heavy (non-hydrogen) atoms. The Labute approximate surface area is 150 Å². The fourth-order valence-corrected chi connectivity index (χ4v) is 2.40. The Morgan fingerprint density at radius 2 is 1.17 bits per heavy atom. The van der Waals surface area contributed by atoms with Gasteiger partial charge in [-0.05, 0) is 36.8 Å². The second kappa shape index (κ2) is 16.8. The molecule has 0 amide bonds. The second-order valence-corrected chi connectivity index (χ2v) is 7.43. The molecule has 1 aromatic rings. The Morgan fingerprint density at radius 3 is 1.50 bits per heavy atom. The standard InChI is InChI=1S/C16H34O.C6H6O/c1-15(2)11-7-5-9-13-17-14-10-6-8-12-16(3)4;7-6-4-2-1-3-5-6/h15-16H,5-14H2,1-4H3;1-5,7H. The number of benzene rings is 1. The smallest absolute Gasteiger partial charge is 0.115 e. The predicted octanol–water partition coefficient (Wildman–Crippen LogP) is 6.83. The molecule has 0 saturated carbocycles. The number of rotatable bonds is 12. The zero-order valence-corrected chi connectivity index (χ0v) is 16.5. The first-order valence-corrected chi connectivity index (χ1v) is 9.84. The number of aromatic hydroxyl groups is 1. The fourth-order valence-electron chi connectivity index (χ4n) is 2.40. The number of phenols is 1. The van der Waals surface area contributed by atoms with Gasteiger partial charge in [-0.3, -0.25) is 0 Å². The molecule has 0 unspecified atom stereocenters. The van der Waals surface area contributed by atoms with Gasteiger partial charge in [0.05, 0.1) is 0 Å². The van der Waals surface area contributed by atoms with E-state index in [-0.39, 0.29) is 0 Å². The third kappa shape index (κ3) is 19.0. The predicted molar refractivity (Wildman–Crippen MR) is 106 cm³/mol. The lowest BCUT2D eigenvalue weighted by Gasteiger charge is -2.06. The molecule has 0 saturated heterocycles. The highest BCUT2D eigenvalue weighted by Crippen LogP contribution is 2.09. The first kappa shape index (κ1) is 23.0. The first-order chi connectivity index (χ1) is 11.5. The van der Waals surface area contributed by atoms with E-state index >= 15 is 0 Å². The summed E-state index contributed by atoms with van der Waals surface area (Å²) in [6.45, 7) is 11.1. The molecule has 2 heteroatoms. The van der Waals surface area contributed by atoms with Gasteiger partial charge in [0, 0.05) is 13.2 Å². The normalized spacial score (nSPS) is 10.8. The van der Waals surface area contributed by atoms with Crippen LogP contribution in [0.15, 0.2) is 30.3 Å². The van der Waals surface area contributed by atoms with Crippen molar-refractivity contribution in [3.8, 4) is 5.75 Å². The third-order valence-electron chi connectivity index (χ3n) is 3.90. The Bertz CT molecular complexity index is 330. The topological polar surface area (TPSA) is 29.5 Å². The summed E-state index contributed by atoms with van der Waals surface area (Å²) in [5.41, 5.74) is 0. The van der Waals surface area contributed by atoms with Crippen LogP contribution < -0.4 is 0 Å². The molecular formula is C22H40O2. The third-order valence-corrected chi connectivity index (χ3v) is 3.90. The molecule has 140 valence electrons. The van der Waals surface area contributed by atoms with E-state index in [4.69, 9.17) is 9.84 Å². The maximum Gasteiger partial charge on any atom is 0.115 e. The number of hydrogen-bond acceptors (Lipinski definition) is 2. The molecule has 0 aliphatic rings. The van der Waals surface area contributed by atoms with Crippen LogP contribution in [0.4, 0.5) is 0 Å². The van der Waals surface area contributed by atoms with Gasteiger partial charge < -0.3 is 9.84 Å². The molecule has 1 rings (SSSR count). The second-order valence-electron chi connectivity index (χ2n) is 7.43. The zero-order chi connectivity index (χ0) is 18.0. The van der Waals surface area contributed by atoms with Gasteiger partial charge in [-0.15, -0.1) is 0 Å². The van der Waals surface area contributed by atoms with Crippen LogP contribution in [0.5, 0.6) is 5.75 Å². The van der Waals surface area contributed by atoms with Crippen molar-refractivity contribution in [1.29, 1.82) is 0 Å².